The minimum absolute atomic E-state index is 0.0569. The lowest BCUT2D eigenvalue weighted by Gasteiger charge is -2.13. The molecular formula is C25H16F2N4O2S. The molecule has 2 aromatic carbocycles. The maximum absolute atomic E-state index is 15.5. The Bertz CT molecular complexity index is 1610. The summed E-state index contributed by atoms with van der Waals surface area (Å²) in [6.07, 6.45) is 6.04. The number of benzene rings is 2. The highest BCUT2D eigenvalue weighted by Gasteiger charge is 2.23. The predicted octanol–water partition coefficient (Wildman–Crippen LogP) is 5.44. The summed E-state index contributed by atoms with van der Waals surface area (Å²) in [4.78, 5) is 11.9. The van der Waals surface area contributed by atoms with Crippen molar-refractivity contribution in [2.75, 3.05) is 4.72 Å². The molecule has 6 nitrogen and oxygen atoms in total. The molecule has 0 aliphatic heterocycles. The number of rotatable bonds is 5. The largest absolute Gasteiger partial charge is 0.272 e. The molecule has 0 spiro atoms. The minimum Gasteiger partial charge on any atom is -0.272 e. The van der Waals surface area contributed by atoms with E-state index in [-0.39, 0.29) is 10.5 Å². The van der Waals surface area contributed by atoms with Crippen LogP contribution in [0.25, 0.3) is 33.2 Å². The van der Waals surface area contributed by atoms with Crippen LogP contribution >= 0.6 is 0 Å². The summed E-state index contributed by atoms with van der Waals surface area (Å²) in [5.41, 5.74) is 1.92. The quantitative estimate of drug-likeness (QED) is 0.343. The molecule has 0 amide bonds. The number of nitrogens with zero attached hydrogens (tertiary/aromatic N) is 3. The molecular weight excluding hydrogens is 458 g/mol. The fraction of sp³-hybridized carbons (Fsp3) is 0. The Hall–Kier alpha value is -4.24. The van der Waals surface area contributed by atoms with Gasteiger partial charge in [0.05, 0.1) is 10.4 Å². The first-order chi connectivity index (χ1) is 16.4. The van der Waals surface area contributed by atoms with Crippen molar-refractivity contribution in [3.05, 3.63) is 103 Å². The van der Waals surface area contributed by atoms with Crippen LogP contribution in [0.3, 0.4) is 0 Å². The predicted molar refractivity (Wildman–Crippen MR) is 125 cm³/mol. The van der Waals surface area contributed by atoms with Gasteiger partial charge < -0.3 is 0 Å². The average Bonchev–Trinajstić information content (AvgIpc) is 2.87. The molecule has 5 rings (SSSR count). The molecule has 34 heavy (non-hydrogen) atoms. The van der Waals surface area contributed by atoms with Gasteiger partial charge in [-0.15, -0.1) is 0 Å². The molecule has 0 radical (unpaired) electrons. The molecule has 0 aliphatic rings. The van der Waals surface area contributed by atoms with Crippen molar-refractivity contribution in [1.29, 1.82) is 0 Å². The highest BCUT2D eigenvalue weighted by Crippen LogP contribution is 2.34. The SMILES string of the molecule is O=S(=O)(Nc1c(F)ncc(-c2ccc3nccc(-c4ccncc4)c3c2)c1F)c1ccccc1. The smallest absolute Gasteiger partial charge is 0.262 e. The summed E-state index contributed by atoms with van der Waals surface area (Å²) in [6.45, 7) is 0. The highest BCUT2D eigenvalue weighted by atomic mass is 32.2. The monoisotopic (exact) mass is 474 g/mol. The molecule has 0 aliphatic carbocycles. The molecule has 1 N–H and O–H groups in total. The van der Waals surface area contributed by atoms with Crippen molar-refractivity contribution < 1.29 is 17.2 Å². The Kier molecular flexibility index (Phi) is 5.46. The fourth-order valence-electron chi connectivity index (χ4n) is 3.65. The van der Waals surface area contributed by atoms with Gasteiger partial charge in [0.15, 0.2) is 5.82 Å². The van der Waals surface area contributed by atoms with Crippen LogP contribution < -0.4 is 4.72 Å². The van der Waals surface area contributed by atoms with Gasteiger partial charge in [0.25, 0.3) is 10.0 Å². The zero-order chi connectivity index (χ0) is 23.7. The third-order valence-electron chi connectivity index (χ3n) is 5.30. The first kappa shape index (κ1) is 21.6. The number of hydrogen-bond acceptors (Lipinski definition) is 5. The van der Waals surface area contributed by atoms with E-state index in [0.29, 0.717) is 11.1 Å². The second kappa shape index (κ2) is 8.60. The first-order valence-corrected chi connectivity index (χ1v) is 11.6. The van der Waals surface area contributed by atoms with Gasteiger partial charge >= 0.3 is 0 Å². The van der Waals surface area contributed by atoms with E-state index in [1.165, 1.54) is 24.3 Å². The normalized spacial score (nSPS) is 11.5. The van der Waals surface area contributed by atoms with Crippen LogP contribution in [0.5, 0.6) is 0 Å². The standard InChI is InChI=1S/C25H16F2N4O2S/c26-23-21(15-30-25(27)24(23)31-34(32,33)18-4-2-1-3-5-18)17-6-7-22-20(14-17)19(10-13-29-22)16-8-11-28-12-9-16/h1-15,31H. The van der Waals surface area contributed by atoms with Gasteiger partial charge in [-0.3, -0.25) is 14.7 Å². The maximum Gasteiger partial charge on any atom is 0.262 e. The number of anilines is 1. The third kappa shape index (κ3) is 3.97. The summed E-state index contributed by atoms with van der Waals surface area (Å²) in [6, 6.07) is 17.9. The first-order valence-electron chi connectivity index (χ1n) is 10.2. The lowest BCUT2D eigenvalue weighted by Crippen LogP contribution is -2.16. The number of sulfonamides is 1. The van der Waals surface area contributed by atoms with E-state index in [2.05, 4.69) is 15.0 Å². The van der Waals surface area contributed by atoms with Crippen molar-refractivity contribution in [2.45, 2.75) is 4.90 Å². The molecule has 0 saturated heterocycles. The number of fused-ring (bicyclic) bond motifs is 1. The maximum atomic E-state index is 15.5. The van der Waals surface area contributed by atoms with E-state index in [9.17, 15) is 12.8 Å². The van der Waals surface area contributed by atoms with Crippen molar-refractivity contribution >= 4 is 26.6 Å². The molecule has 3 aromatic heterocycles. The number of halogens is 2. The summed E-state index contributed by atoms with van der Waals surface area (Å²) in [5, 5.41) is 0.737. The second-order valence-electron chi connectivity index (χ2n) is 7.40. The molecule has 0 unspecified atom stereocenters. The van der Waals surface area contributed by atoms with Gasteiger partial charge in [-0.05, 0) is 59.2 Å². The van der Waals surface area contributed by atoms with E-state index < -0.39 is 27.5 Å². The number of hydrogen-bond donors (Lipinski definition) is 1. The van der Waals surface area contributed by atoms with E-state index >= 15 is 4.39 Å². The topological polar surface area (TPSA) is 84.8 Å². The van der Waals surface area contributed by atoms with Crippen LogP contribution in [-0.2, 0) is 10.0 Å². The zero-order valence-electron chi connectivity index (χ0n) is 17.5. The average molecular weight is 474 g/mol. The summed E-state index contributed by atoms with van der Waals surface area (Å²) in [7, 11) is -4.22. The van der Waals surface area contributed by atoms with Crippen LogP contribution in [0.1, 0.15) is 0 Å². The van der Waals surface area contributed by atoms with Crippen LogP contribution in [-0.4, -0.2) is 23.4 Å². The van der Waals surface area contributed by atoms with Crippen molar-refractivity contribution in [1.82, 2.24) is 15.0 Å². The van der Waals surface area contributed by atoms with Gasteiger partial charge in [0, 0.05) is 35.7 Å². The number of pyridine rings is 3. The molecule has 5 aromatic rings. The van der Waals surface area contributed by atoms with Crippen LogP contribution in [0, 0.1) is 11.8 Å². The van der Waals surface area contributed by atoms with E-state index in [4.69, 9.17) is 0 Å². The zero-order valence-corrected chi connectivity index (χ0v) is 18.3. The molecule has 3 heterocycles. The van der Waals surface area contributed by atoms with Crippen LogP contribution in [0.15, 0.2) is 96.4 Å². The number of nitrogens with one attached hydrogen (secondary N) is 1. The van der Waals surface area contributed by atoms with Crippen LogP contribution in [0.2, 0.25) is 0 Å². The lowest BCUT2D eigenvalue weighted by molar-refractivity contribution is 0.558. The summed E-state index contributed by atoms with van der Waals surface area (Å²) >= 11 is 0. The van der Waals surface area contributed by atoms with Crippen molar-refractivity contribution in [3.63, 3.8) is 0 Å². The minimum atomic E-state index is -4.22. The Labute approximate surface area is 194 Å². The van der Waals surface area contributed by atoms with Crippen molar-refractivity contribution in [3.8, 4) is 22.3 Å². The highest BCUT2D eigenvalue weighted by molar-refractivity contribution is 7.92. The molecule has 0 bridgehead atoms. The molecule has 0 atom stereocenters. The van der Waals surface area contributed by atoms with Gasteiger partial charge in [0.2, 0.25) is 5.95 Å². The van der Waals surface area contributed by atoms with E-state index in [1.54, 1.807) is 42.9 Å². The Morgan fingerprint density at radius 1 is 0.765 bits per heavy atom. The Morgan fingerprint density at radius 2 is 1.53 bits per heavy atom. The van der Waals surface area contributed by atoms with E-state index in [0.717, 1.165) is 22.7 Å². The third-order valence-corrected chi connectivity index (χ3v) is 6.67. The van der Waals surface area contributed by atoms with Gasteiger partial charge in [-0.1, -0.05) is 24.3 Å². The molecule has 9 heteroatoms. The summed E-state index contributed by atoms with van der Waals surface area (Å²) < 4.78 is 57.2. The molecule has 0 saturated carbocycles. The number of aromatic nitrogens is 3. The van der Waals surface area contributed by atoms with Gasteiger partial charge in [-0.2, -0.15) is 4.39 Å². The molecule has 168 valence electrons. The fourth-order valence-corrected chi connectivity index (χ4v) is 4.72. The summed E-state index contributed by atoms with van der Waals surface area (Å²) in [5.74, 6) is -2.33. The lowest BCUT2D eigenvalue weighted by atomic mass is 9.98. The van der Waals surface area contributed by atoms with Crippen LogP contribution in [0.4, 0.5) is 14.5 Å². The Morgan fingerprint density at radius 3 is 2.29 bits per heavy atom. The van der Waals surface area contributed by atoms with E-state index in [1.807, 2.05) is 22.9 Å². The molecule has 0 fully saturated rings. The van der Waals surface area contributed by atoms with Gasteiger partial charge in [-0.25, -0.2) is 17.8 Å². The van der Waals surface area contributed by atoms with Gasteiger partial charge in [0.1, 0.15) is 5.69 Å². The Balaban J connectivity index is 1.62. The van der Waals surface area contributed by atoms with Crippen molar-refractivity contribution in [2.24, 2.45) is 0 Å². The second-order valence-corrected chi connectivity index (χ2v) is 9.08.